The fraction of sp³-hybridized carbons (Fsp3) is 0.333. The Morgan fingerprint density at radius 2 is 1.86 bits per heavy atom. The van der Waals surface area contributed by atoms with Gasteiger partial charge in [-0.3, -0.25) is 4.79 Å². The van der Waals surface area contributed by atoms with E-state index in [0.29, 0.717) is 28.5 Å². The molecule has 7 heteroatoms. The highest BCUT2D eigenvalue weighted by molar-refractivity contribution is 5.95. The molecule has 146 valence electrons. The van der Waals surface area contributed by atoms with Crippen LogP contribution >= 0.6 is 0 Å². The third kappa shape index (κ3) is 3.74. The molecular formula is C21H21NO6. The summed E-state index contributed by atoms with van der Waals surface area (Å²) in [6.45, 7) is -0.394. The van der Waals surface area contributed by atoms with Gasteiger partial charge in [0.05, 0.1) is 12.7 Å². The topological polar surface area (TPSA) is 83.1 Å². The SMILES string of the molecule is COc1cccc(C(=O)OCC(=O)Nc2ccc3c(c2)OC2(CCCC2)O3)c1. The van der Waals surface area contributed by atoms with Crippen LogP contribution in [0.2, 0.25) is 0 Å². The number of amides is 1. The number of methoxy groups -OCH3 is 1. The van der Waals surface area contributed by atoms with Crippen LogP contribution in [0.1, 0.15) is 36.0 Å². The standard InChI is InChI=1S/C21H21NO6/c1-25-16-6-4-5-14(11-16)20(24)26-13-19(23)22-15-7-8-17-18(12-15)28-21(27-17)9-2-3-10-21/h4-8,11-12H,2-3,9-10,13H2,1H3,(H,22,23). The van der Waals surface area contributed by atoms with Crippen molar-refractivity contribution in [1.82, 2.24) is 0 Å². The summed E-state index contributed by atoms with van der Waals surface area (Å²) in [6.07, 6.45) is 3.89. The molecule has 1 saturated carbocycles. The van der Waals surface area contributed by atoms with E-state index < -0.39 is 24.3 Å². The predicted octanol–water partition coefficient (Wildman–Crippen LogP) is 3.53. The molecule has 0 saturated heterocycles. The molecule has 28 heavy (non-hydrogen) atoms. The van der Waals surface area contributed by atoms with Gasteiger partial charge in [-0.05, 0) is 43.2 Å². The number of anilines is 1. The minimum atomic E-state index is -0.595. The summed E-state index contributed by atoms with van der Waals surface area (Å²) < 4.78 is 22.1. The second-order valence-corrected chi connectivity index (χ2v) is 6.84. The van der Waals surface area contributed by atoms with Crippen LogP contribution in [-0.2, 0) is 9.53 Å². The van der Waals surface area contributed by atoms with Crippen molar-refractivity contribution < 1.29 is 28.5 Å². The molecule has 1 amide bonds. The molecule has 0 atom stereocenters. The quantitative estimate of drug-likeness (QED) is 0.796. The Balaban J connectivity index is 1.33. The van der Waals surface area contributed by atoms with Crippen molar-refractivity contribution in [2.45, 2.75) is 31.5 Å². The van der Waals surface area contributed by atoms with E-state index in [-0.39, 0.29) is 0 Å². The van der Waals surface area contributed by atoms with Gasteiger partial charge in [-0.1, -0.05) is 6.07 Å². The molecule has 0 radical (unpaired) electrons. The molecule has 1 fully saturated rings. The Kier molecular flexibility index (Phi) is 4.81. The molecule has 0 bridgehead atoms. The summed E-state index contributed by atoms with van der Waals surface area (Å²) in [5.74, 6) is 0.266. The lowest BCUT2D eigenvalue weighted by Gasteiger charge is -2.21. The van der Waals surface area contributed by atoms with E-state index in [9.17, 15) is 9.59 Å². The average Bonchev–Trinajstić information content (AvgIpc) is 3.31. The lowest BCUT2D eigenvalue weighted by Crippen LogP contribution is -2.34. The summed E-state index contributed by atoms with van der Waals surface area (Å²) in [5, 5.41) is 2.70. The van der Waals surface area contributed by atoms with E-state index in [2.05, 4.69) is 5.32 Å². The van der Waals surface area contributed by atoms with E-state index in [1.165, 1.54) is 7.11 Å². The van der Waals surface area contributed by atoms with Gasteiger partial charge in [0.25, 0.3) is 11.7 Å². The number of hydrogen-bond donors (Lipinski definition) is 1. The number of carbonyl (C=O) groups is 2. The van der Waals surface area contributed by atoms with Gasteiger partial charge < -0.3 is 24.3 Å². The van der Waals surface area contributed by atoms with E-state index in [1.807, 2.05) is 0 Å². The number of benzene rings is 2. The second kappa shape index (κ2) is 7.42. The largest absolute Gasteiger partial charge is 0.497 e. The fourth-order valence-corrected chi connectivity index (χ4v) is 3.45. The first-order chi connectivity index (χ1) is 13.6. The van der Waals surface area contributed by atoms with Gasteiger partial charge >= 0.3 is 5.97 Å². The number of nitrogens with one attached hydrogen (secondary N) is 1. The maximum atomic E-state index is 12.1. The summed E-state index contributed by atoms with van der Waals surface area (Å²) in [5.41, 5.74) is 0.872. The van der Waals surface area contributed by atoms with E-state index in [0.717, 1.165) is 25.7 Å². The molecule has 1 spiro atoms. The fourth-order valence-electron chi connectivity index (χ4n) is 3.45. The zero-order chi connectivity index (χ0) is 19.6. The number of esters is 1. The molecule has 7 nitrogen and oxygen atoms in total. The van der Waals surface area contributed by atoms with Crippen LogP contribution < -0.4 is 19.5 Å². The minimum absolute atomic E-state index is 0.317. The van der Waals surface area contributed by atoms with Crippen molar-refractivity contribution in [3.8, 4) is 17.2 Å². The Bertz CT molecular complexity index is 904. The predicted molar refractivity (Wildman–Crippen MR) is 101 cm³/mol. The number of carbonyl (C=O) groups excluding carboxylic acids is 2. The zero-order valence-electron chi connectivity index (χ0n) is 15.5. The number of ether oxygens (including phenoxy) is 4. The molecule has 1 aliphatic heterocycles. The number of fused-ring (bicyclic) bond motifs is 1. The molecule has 2 aromatic rings. The highest BCUT2D eigenvalue weighted by Gasteiger charge is 2.44. The Hall–Kier alpha value is -3.22. The van der Waals surface area contributed by atoms with E-state index >= 15 is 0 Å². The molecule has 1 aliphatic carbocycles. The molecule has 2 aromatic carbocycles. The van der Waals surface area contributed by atoms with Crippen molar-refractivity contribution in [1.29, 1.82) is 0 Å². The van der Waals surface area contributed by atoms with Crippen LogP contribution in [0.5, 0.6) is 17.2 Å². The first kappa shape index (κ1) is 18.2. The molecular weight excluding hydrogens is 362 g/mol. The van der Waals surface area contributed by atoms with Crippen LogP contribution in [0.25, 0.3) is 0 Å². The molecule has 1 heterocycles. The highest BCUT2D eigenvalue weighted by Crippen LogP contribution is 2.47. The van der Waals surface area contributed by atoms with E-state index in [1.54, 1.807) is 42.5 Å². The van der Waals surface area contributed by atoms with Crippen LogP contribution in [0.4, 0.5) is 5.69 Å². The molecule has 1 N–H and O–H groups in total. The van der Waals surface area contributed by atoms with Crippen LogP contribution in [0.15, 0.2) is 42.5 Å². The Labute approximate surface area is 162 Å². The smallest absolute Gasteiger partial charge is 0.338 e. The van der Waals surface area contributed by atoms with Crippen molar-refractivity contribution in [3.05, 3.63) is 48.0 Å². The summed E-state index contributed by atoms with van der Waals surface area (Å²) in [6, 6.07) is 11.8. The highest BCUT2D eigenvalue weighted by atomic mass is 16.7. The van der Waals surface area contributed by atoms with Crippen LogP contribution in [-0.4, -0.2) is 31.4 Å². The minimum Gasteiger partial charge on any atom is -0.497 e. The van der Waals surface area contributed by atoms with Gasteiger partial charge in [0, 0.05) is 24.6 Å². The lowest BCUT2D eigenvalue weighted by atomic mass is 10.2. The number of rotatable bonds is 5. The first-order valence-electron chi connectivity index (χ1n) is 9.20. The van der Waals surface area contributed by atoms with Gasteiger partial charge in [-0.15, -0.1) is 0 Å². The monoisotopic (exact) mass is 383 g/mol. The third-order valence-corrected chi connectivity index (χ3v) is 4.82. The maximum absolute atomic E-state index is 12.1. The van der Waals surface area contributed by atoms with Gasteiger partial charge in [-0.2, -0.15) is 0 Å². The van der Waals surface area contributed by atoms with Crippen LogP contribution in [0, 0.1) is 0 Å². The van der Waals surface area contributed by atoms with Crippen molar-refractivity contribution >= 4 is 17.6 Å². The molecule has 2 aliphatic rings. The molecule has 0 aromatic heterocycles. The Morgan fingerprint density at radius 1 is 1.07 bits per heavy atom. The van der Waals surface area contributed by atoms with E-state index in [4.69, 9.17) is 18.9 Å². The number of hydrogen-bond acceptors (Lipinski definition) is 6. The summed E-state index contributed by atoms with van der Waals surface area (Å²) >= 11 is 0. The van der Waals surface area contributed by atoms with Crippen molar-refractivity contribution in [3.63, 3.8) is 0 Å². The Morgan fingerprint density at radius 3 is 2.64 bits per heavy atom. The summed E-state index contributed by atoms with van der Waals surface area (Å²) in [4.78, 5) is 24.2. The van der Waals surface area contributed by atoms with Crippen molar-refractivity contribution in [2.75, 3.05) is 19.0 Å². The zero-order valence-corrected chi connectivity index (χ0v) is 15.5. The maximum Gasteiger partial charge on any atom is 0.338 e. The molecule has 4 rings (SSSR count). The normalized spacial score (nSPS) is 16.0. The van der Waals surface area contributed by atoms with Gasteiger partial charge in [0.2, 0.25) is 0 Å². The van der Waals surface area contributed by atoms with Gasteiger partial charge in [-0.25, -0.2) is 4.79 Å². The van der Waals surface area contributed by atoms with Gasteiger partial charge in [0.1, 0.15) is 5.75 Å². The van der Waals surface area contributed by atoms with Crippen molar-refractivity contribution in [2.24, 2.45) is 0 Å². The molecule has 0 unspecified atom stereocenters. The van der Waals surface area contributed by atoms with Gasteiger partial charge in [0.15, 0.2) is 18.1 Å². The van der Waals surface area contributed by atoms with Crippen LogP contribution in [0.3, 0.4) is 0 Å². The second-order valence-electron chi connectivity index (χ2n) is 6.84. The summed E-state index contributed by atoms with van der Waals surface area (Å²) in [7, 11) is 1.51. The average molecular weight is 383 g/mol. The first-order valence-corrected chi connectivity index (χ1v) is 9.20. The third-order valence-electron chi connectivity index (χ3n) is 4.82. The lowest BCUT2D eigenvalue weighted by molar-refractivity contribution is -0.119.